The van der Waals surface area contributed by atoms with E-state index >= 15 is 0 Å². The molecule has 0 aliphatic rings. The van der Waals surface area contributed by atoms with E-state index in [-0.39, 0.29) is 18.2 Å². The zero-order valence-electron chi connectivity index (χ0n) is 14.7. The molecule has 27 heavy (non-hydrogen) atoms. The van der Waals surface area contributed by atoms with Gasteiger partial charge >= 0.3 is 5.97 Å². The number of nitrogens with zero attached hydrogens (tertiary/aromatic N) is 3. The van der Waals surface area contributed by atoms with Crippen molar-refractivity contribution < 1.29 is 18.8 Å². The van der Waals surface area contributed by atoms with Crippen LogP contribution in [0.4, 0.5) is 5.13 Å². The van der Waals surface area contributed by atoms with Crippen LogP contribution in [0.15, 0.2) is 46.8 Å². The first-order valence-corrected chi connectivity index (χ1v) is 9.11. The van der Waals surface area contributed by atoms with E-state index in [1.165, 1.54) is 11.3 Å². The third kappa shape index (κ3) is 4.70. The minimum Gasteiger partial charge on any atom is -0.493 e. The normalized spacial score (nSPS) is 10.4. The van der Waals surface area contributed by atoms with Gasteiger partial charge in [-0.05, 0) is 19.1 Å². The van der Waals surface area contributed by atoms with Crippen LogP contribution in [-0.2, 0) is 11.3 Å². The van der Waals surface area contributed by atoms with Crippen LogP contribution in [0.1, 0.15) is 23.3 Å². The van der Waals surface area contributed by atoms with Gasteiger partial charge in [-0.1, -0.05) is 23.4 Å². The lowest BCUT2D eigenvalue weighted by Crippen LogP contribution is -2.06. The van der Waals surface area contributed by atoms with Crippen LogP contribution in [0.5, 0.6) is 5.75 Å². The Hall–Kier alpha value is -3.20. The number of thiazole rings is 1. The van der Waals surface area contributed by atoms with Crippen molar-refractivity contribution in [2.75, 3.05) is 18.5 Å². The predicted octanol–water partition coefficient (Wildman–Crippen LogP) is 3.55. The van der Waals surface area contributed by atoms with Crippen molar-refractivity contribution in [1.82, 2.24) is 15.1 Å². The van der Waals surface area contributed by atoms with E-state index < -0.39 is 5.97 Å². The monoisotopic (exact) mass is 386 g/mol. The first-order chi connectivity index (χ1) is 13.2. The summed E-state index contributed by atoms with van der Waals surface area (Å²) in [6.45, 7) is 6.46. The minimum atomic E-state index is -0.563. The molecule has 0 radical (unpaired) electrons. The summed E-state index contributed by atoms with van der Waals surface area (Å²) in [5.74, 6) is 0.651. The molecule has 9 heteroatoms. The molecule has 0 spiro atoms. The van der Waals surface area contributed by atoms with Gasteiger partial charge in [-0.25, -0.2) is 9.78 Å². The number of carbonyl (C=O) groups excluding carboxylic acids is 1. The standard InChI is InChI=1S/C18H18N4O4S/c1-3-9-19-18-20-13(11-27-18)17(23)25-10-15-21-16(22-26-15)12-7-5-6-8-14(12)24-4-2/h3,5-8,11H,1,4,9-10H2,2H3,(H,19,20). The summed E-state index contributed by atoms with van der Waals surface area (Å²) in [6.07, 6.45) is 1.70. The summed E-state index contributed by atoms with van der Waals surface area (Å²) in [5.41, 5.74) is 0.922. The summed E-state index contributed by atoms with van der Waals surface area (Å²) >= 11 is 1.31. The second-order valence-electron chi connectivity index (χ2n) is 5.22. The van der Waals surface area contributed by atoms with E-state index in [0.717, 1.165) is 0 Å². The Labute approximate surface area is 159 Å². The van der Waals surface area contributed by atoms with Crippen LogP contribution in [0.25, 0.3) is 11.4 Å². The number of anilines is 1. The quantitative estimate of drug-likeness (QED) is 0.440. The van der Waals surface area contributed by atoms with Gasteiger partial charge in [0.2, 0.25) is 5.82 Å². The summed E-state index contributed by atoms with van der Waals surface area (Å²) in [7, 11) is 0. The predicted molar refractivity (Wildman–Crippen MR) is 101 cm³/mol. The molecule has 0 fully saturated rings. The molecule has 0 bridgehead atoms. The van der Waals surface area contributed by atoms with Crippen LogP contribution in [0.3, 0.4) is 0 Å². The fraction of sp³-hybridized carbons (Fsp3) is 0.222. The van der Waals surface area contributed by atoms with Gasteiger partial charge in [0.05, 0.1) is 12.2 Å². The number of hydrogen-bond acceptors (Lipinski definition) is 9. The molecule has 2 aromatic heterocycles. The van der Waals surface area contributed by atoms with Gasteiger partial charge < -0.3 is 19.3 Å². The maximum atomic E-state index is 12.1. The smallest absolute Gasteiger partial charge is 0.358 e. The zero-order chi connectivity index (χ0) is 19.1. The van der Waals surface area contributed by atoms with Crippen molar-refractivity contribution >= 4 is 22.4 Å². The Morgan fingerprint density at radius 1 is 1.37 bits per heavy atom. The van der Waals surface area contributed by atoms with Crippen LogP contribution in [0, 0.1) is 0 Å². The van der Waals surface area contributed by atoms with Crippen molar-refractivity contribution in [2.45, 2.75) is 13.5 Å². The average Bonchev–Trinajstić information content (AvgIpc) is 3.35. The molecule has 3 rings (SSSR count). The van der Waals surface area contributed by atoms with E-state index in [0.29, 0.717) is 35.4 Å². The lowest BCUT2D eigenvalue weighted by Gasteiger charge is -2.05. The number of benzene rings is 1. The molecule has 0 unspecified atom stereocenters. The third-order valence-electron chi connectivity index (χ3n) is 3.33. The second kappa shape index (κ2) is 8.95. The number of nitrogens with one attached hydrogen (secondary N) is 1. The van der Waals surface area contributed by atoms with E-state index in [1.54, 1.807) is 11.5 Å². The molecule has 0 saturated heterocycles. The summed E-state index contributed by atoms with van der Waals surface area (Å²) < 4.78 is 15.9. The molecule has 1 aromatic carbocycles. The summed E-state index contributed by atoms with van der Waals surface area (Å²) in [4.78, 5) is 20.5. The van der Waals surface area contributed by atoms with Gasteiger partial charge in [0.15, 0.2) is 17.4 Å². The molecule has 8 nitrogen and oxygen atoms in total. The highest BCUT2D eigenvalue weighted by atomic mass is 32.1. The van der Waals surface area contributed by atoms with Crippen LogP contribution >= 0.6 is 11.3 Å². The van der Waals surface area contributed by atoms with Gasteiger partial charge in [0.25, 0.3) is 5.89 Å². The highest BCUT2D eigenvalue weighted by molar-refractivity contribution is 7.13. The van der Waals surface area contributed by atoms with Crippen molar-refractivity contribution in [3.8, 4) is 17.1 Å². The molecule has 0 saturated carbocycles. The van der Waals surface area contributed by atoms with Gasteiger partial charge in [-0.3, -0.25) is 0 Å². The Morgan fingerprint density at radius 3 is 3.04 bits per heavy atom. The number of aromatic nitrogens is 3. The molecule has 3 aromatic rings. The number of ether oxygens (including phenoxy) is 2. The third-order valence-corrected chi connectivity index (χ3v) is 4.13. The van der Waals surface area contributed by atoms with Gasteiger partial charge in [0.1, 0.15) is 5.75 Å². The molecule has 0 aliphatic heterocycles. The van der Waals surface area contributed by atoms with Crippen LogP contribution < -0.4 is 10.1 Å². The summed E-state index contributed by atoms with van der Waals surface area (Å²) in [6, 6.07) is 7.38. The lowest BCUT2D eigenvalue weighted by molar-refractivity contribution is 0.0424. The molecule has 1 N–H and O–H groups in total. The number of esters is 1. The Balaban J connectivity index is 1.62. The maximum Gasteiger partial charge on any atom is 0.358 e. The van der Waals surface area contributed by atoms with Crippen molar-refractivity contribution in [2.24, 2.45) is 0 Å². The molecule has 140 valence electrons. The number of para-hydroxylation sites is 1. The number of rotatable bonds is 9. The van der Waals surface area contributed by atoms with Gasteiger partial charge in [0, 0.05) is 11.9 Å². The molecular weight excluding hydrogens is 368 g/mol. The minimum absolute atomic E-state index is 0.143. The van der Waals surface area contributed by atoms with Crippen molar-refractivity contribution in [3.05, 3.63) is 53.9 Å². The highest BCUT2D eigenvalue weighted by Gasteiger charge is 2.16. The second-order valence-corrected chi connectivity index (χ2v) is 6.08. The number of carbonyl (C=O) groups is 1. The van der Waals surface area contributed by atoms with Crippen molar-refractivity contribution in [1.29, 1.82) is 0 Å². The lowest BCUT2D eigenvalue weighted by atomic mass is 10.2. The molecule has 2 heterocycles. The van der Waals surface area contributed by atoms with Crippen molar-refractivity contribution in [3.63, 3.8) is 0 Å². The highest BCUT2D eigenvalue weighted by Crippen LogP contribution is 2.27. The zero-order valence-corrected chi connectivity index (χ0v) is 15.5. The molecular formula is C18H18N4O4S. The molecule has 0 atom stereocenters. The fourth-order valence-corrected chi connectivity index (χ4v) is 2.85. The molecule has 0 amide bonds. The summed E-state index contributed by atoms with van der Waals surface area (Å²) in [5, 5.41) is 9.17. The van der Waals surface area contributed by atoms with E-state index in [2.05, 4.69) is 27.0 Å². The van der Waals surface area contributed by atoms with E-state index in [4.69, 9.17) is 14.0 Å². The van der Waals surface area contributed by atoms with Crippen LogP contribution in [-0.4, -0.2) is 34.2 Å². The first-order valence-electron chi connectivity index (χ1n) is 8.23. The Morgan fingerprint density at radius 2 is 2.22 bits per heavy atom. The Kier molecular flexibility index (Phi) is 6.16. The van der Waals surface area contributed by atoms with E-state index in [1.807, 2.05) is 31.2 Å². The maximum absolute atomic E-state index is 12.1. The largest absolute Gasteiger partial charge is 0.493 e. The fourth-order valence-electron chi connectivity index (χ4n) is 2.17. The van der Waals surface area contributed by atoms with Crippen LogP contribution in [0.2, 0.25) is 0 Å². The Bertz CT molecular complexity index is 921. The van der Waals surface area contributed by atoms with Gasteiger partial charge in [-0.2, -0.15) is 4.98 Å². The van der Waals surface area contributed by atoms with Gasteiger partial charge in [-0.15, -0.1) is 17.9 Å². The first kappa shape index (κ1) is 18.6. The number of hydrogen-bond donors (Lipinski definition) is 1. The topological polar surface area (TPSA) is 99.4 Å². The van der Waals surface area contributed by atoms with E-state index in [9.17, 15) is 4.79 Å². The average molecular weight is 386 g/mol. The SMILES string of the molecule is C=CCNc1nc(C(=O)OCc2nc(-c3ccccc3OCC)no2)cs1. The molecule has 0 aliphatic carbocycles.